The van der Waals surface area contributed by atoms with E-state index >= 15 is 0 Å². The third kappa shape index (κ3) is 3.53. The van der Waals surface area contributed by atoms with Crippen LogP contribution >= 0.6 is 11.6 Å². The number of hydrogen-bond donors (Lipinski definition) is 1. The SMILES string of the molecule is CNC(CCC1CCCCO1)c1cc(Cl)cc2c1OCC2. The van der Waals surface area contributed by atoms with E-state index in [1.165, 1.54) is 30.4 Å². The highest BCUT2D eigenvalue weighted by molar-refractivity contribution is 6.30. The first-order valence-corrected chi connectivity index (χ1v) is 8.39. The van der Waals surface area contributed by atoms with Gasteiger partial charge in [0.1, 0.15) is 5.75 Å². The molecule has 0 bridgehead atoms. The minimum absolute atomic E-state index is 0.279. The van der Waals surface area contributed by atoms with Gasteiger partial charge in [-0.05, 0) is 56.8 Å². The first kappa shape index (κ1) is 15.1. The molecule has 0 spiro atoms. The number of hydrogen-bond acceptors (Lipinski definition) is 3. The number of fused-ring (bicyclic) bond motifs is 1. The Kier molecular flexibility index (Phi) is 5.04. The Hall–Kier alpha value is -0.770. The van der Waals surface area contributed by atoms with Gasteiger partial charge in [0, 0.05) is 29.7 Å². The Morgan fingerprint density at radius 2 is 2.24 bits per heavy atom. The van der Waals surface area contributed by atoms with Crippen molar-refractivity contribution in [2.45, 2.75) is 50.7 Å². The minimum Gasteiger partial charge on any atom is -0.493 e. The summed E-state index contributed by atoms with van der Waals surface area (Å²) in [7, 11) is 2.01. The smallest absolute Gasteiger partial charge is 0.127 e. The average Bonchev–Trinajstić information content (AvgIpc) is 2.97. The van der Waals surface area contributed by atoms with Gasteiger partial charge in [0.15, 0.2) is 0 Å². The molecule has 21 heavy (non-hydrogen) atoms. The first-order valence-electron chi connectivity index (χ1n) is 8.02. The van der Waals surface area contributed by atoms with Gasteiger partial charge in [-0.2, -0.15) is 0 Å². The van der Waals surface area contributed by atoms with Gasteiger partial charge >= 0.3 is 0 Å². The molecule has 1 saturated heterocycles. The minimum atomic E-state index is 0.279. The molecule has 2 unspecified atom stereocenters. The zero-order valence-corrected chi connectivity index (χ0v) is 13.4. The highest BCUT2D eigenvalue weighted by atomic mass is 35.5. The number of halogens is 1. The van der Waals surface area contributed by atoms with Crippen molar-refractivity contribution in [3.8, 4) is 5.75 Å². The van der Waals surface area contributed by atoms with E-state index in [9.17, 15) is 0 Å². The molecule has 1 fully saturated rings. The Bertz CT molecular complexity index is 486. The molecule has 1 aromatic carbocycles. The van der Waals surface area contributed by atoms with Crippen molar-refractivity contribution >= 4 is 11.6 Å². The Morgan fingerprint density at radius 1 is 1.33 bits per heavy atom. The van der Waals surface area contributed by atoms with Crippen LogP contribution in [0.15, 0.2) is 12.1 Å². The number of ether oxygens (including phenoxy) is 2. The molecule has 2 aliphatic heterocycles. The summed E-state index contributed by atoms with van der Waals surface area (Å²) in [6.45, 7) is 1.69. The van der Waals surface area contributed by atoms with Gasteiger partial charge in [-0.25, -0.2) is 0 Å². The van der Waals surface area contributed by atoms with Crippen molar-refractivity contribution in [3.05, 3.63) is 28.3 Å². The van der Waals surface area contributed by atoms with Gasteiger partial charge in [0.25, 0.3) is 0 Å². The molecule has 0 aliphatic carbocycles. The van der Waals surface area contributed by atoms with Gasteiger partial charge in [0.2, 0.25) is 0 Å². The van der Waals surface area contributed by atoms with E-state index in [0.717, 1.165) is 43.2 Å². The van der Waals surface area contributed by atoms with Crippen LogP contribution in [0.3, 0.4) is 0 Å². The van der Waals surface area contributed by atoms with Crippen molar-refractivity contribution in [3.63, 3.8) is 0 Å². The molecule has 0 radical (unpaired) electrons. The number of rotatable bonds is 5. The third-order valence-corrected chi connectivity index (χ3v) is 4.77. The fourth-order valence-electron chi connectivity index (χ4n) is 3.40. The van der Waals surface area contributed by atoms with Crippen LogP contribution in [0, 0.1) is 0 Å². The zero-order valence-electron chi connectivity index (χ0n) is 12.7. The summed E-state index contributed by atoms with van der Waals surface area (Å²) in [6.07, 6.45) is 7.23. The van der Waals surface area contributed by atoms with Crippen LogP contribution in [0.5, 0.6) is 5.75 Å². The maximum atomic E-state index is 6.27. The molecule has 0 aromatic heterocycles. The summed E-state index contributed by atoms with van der Waals surface area (Å²) in [4.78, 5) is 0. The predicted octanol–water partition coefficient (Wildman–Crippen LogP) is 3.88. The summed E-state index contributed by atoms with van der Waals surface area (Å²) in [5.41, 5.74) is 2.44. The van der Waals surface area contributed by atoms with Crippen LogP contribution < -0.4 is 10.1 Å². The molecular weight excluding hydrogens is 286 g/mol. The van der Waals surface area contributed by atoms with Crippen LogP contribution in [0.25, 0.3) is 0 Å². The molecule has 3 nitrogen and oxygen atoms in total. The molecular formula is C17H24ClNO2. The first-order chi connectivity index (χ1) is 10.3. The monoisotopic (exact) mass is 309 g/mol. The molecule has 116 valence electrons. The molecule has 2 heterocycles. The lowest BCUT2D eigenvalue weighted by Gasteiger charge is -2.25. The van der Waals surface area contributed by atoms with Gasteiger partial charge in [-0.3, -0.25) is 0 Å². The topological polar surface area (TPSA) is 30.5 Å². The zero-order chi connectivity index (χ0) is 14.7. The second-order valence-corrected chi connectivity index (χ2v) is 6.43. The van der Waals surface area contributed by atoms with Crippen LogP contribution in [0.4, 0.5) is 0 Å². The number of nitrogens with one attached hydrogen (secondary N) is 1. The van der Waals surface area contributed by atoms with Gasteiger partial charge in [-0.15, -0.1) is 0 Å². The van der Waals surface area contributed by atoms with Crippen molar-refractivity contribution in [1.29, 1.82) is 0 Å². The summed E-state index contributed by atoms with van der Waals surface area (Å²) in [5, 5.41) is 4.23. The van der Waals surface area contributed by atoms with Crippen molar-refractivity contribution in [2.75, 3.05) is 20.3 Å². The van der Waals surface area contributed by atoms with E-state index in [1.807, 2.05) is 13.1 Å². The Balaban J connectivity index is 1.71. The lowest BCUT2D eigenvalue weighted by Crippen LogP contribution is -2.23. The maximum absolute atomic E-state index is 6.27. The molecule has 4 heteroatoms. The fraction of sp³-hybridized carbons (Fsp3) is 0.647. The van der Waals surface area contributed by atoms with Crippen LogP contribution in [-0.4, -0.2) is 26.4 Å². The predicted molar refractivity (Wildman–Crippen MR) is 85.3 cm³/mol. The second kappa shape index (κ2) is 6.99. The van der Waals surface area contributed by atoms with E-state index < -0.39 is 0 Å². The van der Waals surface area contributed by atoms with Crippen LogP contribution in [0.1, 0.15) is 49.3 Å². The number of benzene rings is 1. The molecule has 0 amide bonds. The largest absolute Gasteiger partial charge is 0.493 e. The van der Waals surface area contributed by atoms with Crippen LogP contribution in [-0.2, 0) is 11.2 Å². The quantitative estimate of drug-likeness (QED) is 0.895. The summed E-state index contributed by atoms with van der Waals surface area (Å²) >= 11 is 6.27. The summed E-state index contributed by atoms with van der Waals surface area (Å²) in [6, 6.07) is 4.36. The fourth-order valence-corrected chi connectivity index (χ4v) is 3.65. The normalized spacial score (nSPS) is 22.7. The lowest BCUT2D eigenvalue weighted by molar-refractivity contribution is 0.00862. The van der Waals surface area contributed by atoms with Crippen molar-refractivity contribution < 1.29 is 9.47 Å². The maximum Gasteiger partial charge on any atom is 0.127 e. The average molecular weight is 310 g/mol. The van der Waals surface area contributed by atoms with Gasteiger partial charge < -0.3 is 14.8 Å². The summed E-state index contributed by atoms with van der Waals surface area (Å²) in [5.74, 6) is 1.04. The molecule has 2 atom stereocenters. The van der Waals surface area contributed by atoms with Crippen molar-refractivity contribution in [2.24, 2.45) is 0 Å². The molecule has 3 rings (SSSR count). The highest BCUT2D eigenvalue weighted by Gasteiger charge is 2.24. The second-order valence-electron chi connectivity index (χ2n) is 5.99. The molecule has 0 saturated carbocycles. The van der Waals surface area contributed by atoms with E-state index in [1.54, 1.807) is 0 Å². The van der Waals surface area contributed by atoms with E-state index in [-0.39, 0.29) is 6.04 Å². The summed E-state index contributed by atoms with van der Waals surface area (Å²) < 4.78 is 11.7. The lowest BCUT2D eigenvalue weighted by atomic mass is 9.95. The van der Waals surface area contributed by atoms with E-state index in [0.29, 0.717) is 6.10 Å². The van der Waals surface area contributed by atoms with Gasteiger partial charge in [0.05, 0.1) is 12.7 Å². The Morgan fingerprint density at radius 3 is 3.00 bits per heavy atom. The van der Waals surface area contributed by atoms with Crippen molar-refractivity contribution in [1.82, 2.24) is 5.32 Å². The Labute approximate surface area is 132 Å². The van der Waals surface area contributed by atoms with Gasteiger partial charge in [-0.1, -0.05) is 11.6 Å². The van der Waals surface area contributed by atoms with Crippen LogP contribution in [0.2, 0.25) is 5.02 Å². The third-order valence-electron chi connectivity index (χ3n) is 4.55. The van der Waals surface area contributed by atoms with E-state index in [2.05, 4.69) is 11.4 Å². The molecule has 2 aliphatic rings. The molecule has 1 aromatic rings. The molecule has 1 N–H and O–H groups in total. The van der Waals surface area contributed by atoms with E-state index in [4.69, 9.17) is 21.1 Å². The highest BCUT2D eigenvalue weighted by Crippen LogP contribution is 2.38. The standard InChI is InChI=1S/C17H24ClNO2/c1-19-16(6-5-14-4-2-3-8-20-14)15-11-13(18)10-12-7-9-21-17(12)15/h10-11,14,16,19H,2-9H2,1H3.